The molecular formula is C23H31NO3. The van der Waals surface area contributed by atoms with Gasteiger partial charge in [-0.2, -0.15) is 0 Å². The van der Waals surface area contributed by atoms with Crippen molar-refractivity contribution in [3.63, 3.8) is 0 Å². The van der Waals surface area contributed by atoms with Crippen LogP contribution in [-0.2, 0) is 19.3 Å². The van der Waals surface area contributed by atoms with Gasteiger partial charge in [0.2, 0.25) is 0 Å². The number of rotatable bonds is 9. The summed E-state index contributed by atoms with van der Waals surface area (Å²) < 4.78 is 16.2. The van der Waals surface area contributed by atoms with Crippen molar-refractivity contribution in [2.24, 2.45) is 0 Å². The lowest BCUT2D eigenvalue weighted by atomic mass is 10.1. The van der Waals surface area contributed by atoms with E-state index in [0.717, 1.165) is 49.6 Å². The van der Waals surface area contributed by atoms with E-state index in [1.807, 2.05) is 12.1 Å². The molecule has 146 valence electrons. The standard InChI is InChI=1S/C23H31NO3/c1-5-11-24(12-10-17-6-8-21(25-2)9-7-17)20-13-18-15-22(26-3)23(27-4)16-19(18)14-20/h6-9,15-16,20H,5,10-14H2,1-4H3. The molecule has 0 saturated heterocycles. The molecule has 4 nitrogen and oxygen atoms in total. The summed E-state index contributed by atoms with van der Waals surface area (Å²) >= 11 is 0. The van der Waals surface area contributed by atoms with Crippen LogP contribution in [0.1, 0.15) is 30.0 Å². The third-order valence-corrected chi connectivity index (χ3v) is 5.49. The van der Waals surface area contributed by atoms with Gasteiger partial charge < -0.3 is 14.2 Å². The minimum Gasteiger partial charge on any atom is -0.497 e. The Kier molecular flexibility index (Phi) is 6.62. The summed E-state index contributed by atoms with van der Waals surface area (Å²) in [5.41, 5.74) is 4.14. The molecule has 0 N–H and O–H groups in total. The Balaban J connectivity index is 1.67. The highest BCUT2D eigenvalue weighted by atomic mass is 16.5. The molecule has 0 atom stereocenters. The van der Waals surface area contributed by atoms with E-state index < -0.39 is 0 Å². The van der Waals surface area contributed by atoms with E-state index in [1.54, 1.807) is 21.3 Å². The second-order valence-electron chi connectivity index (χ2n) is 7.17. The topological polar surface area (TPSA) is 30.9 Å². The number of hydrogen-bond donors (Lipinski definition) is 0. The maximum atomic E-state index is 5.48. The average Bonchev–Trinajstić information content (AvgIpc) is 3.13. The van der Waals surface area contributed by atoms with Crippen molar-refractivity contribution in [1.82, 2.24) is 4.90 Å². The second kappa shape index (κ2) is 9.14. The first kappa shape index (κ1) is 19.6. The summed E-state index contributed by atoms with van der Waals surface area (Å²) in [5.74, 6) is 2.58. The molecule has 0 heterocycles. The van der Waals surface area contributed by atoms with Gasteiger partial charge in [0, 0.05) is 12.6 Å². The molecule has 0 fully saturated rings. The van der Waals surface area contributed by atoms with E-state index in [0.29, 0.717) is 6.04 Å². The van der Waals surface area contributed by atoms with Crippen LogP contribution in [0.25, 0.3) is 0 Å². The highest BCUT2D eigenvalue weighted by Crippen LogP contribution is 2.36. The Morgan fingerprint density at radius 3 is 1.93 bits per heavy atom. The first-order valence-corrected chi connectivity index (χ1v) is 9.79. The van der Waals surface area contributed by atoms with Gasteiger partial charge in [-0.3, -0.25) is 4.90 Å². The minimum atomic E-state index is 0.551. The van der Waals surface area contributed by atoms with Gasteiger partial charge in [-0.25, -0.2) is 0 Å². The zero-order valence-corrected chi connectivity index (χ0v) is 17.0. The fraction of sp³-hybridized carbons (Fsp3) is 0.478. The quantitative estimate of drug-likeness (QED) is 0.665. The smallest absolute Gasteiger partial charge is 0.161 e. The molecule has 0 saturated carbocycles. The summed E-state index contributed by atoms with van der Waals surface area (Å²) in [6, 6.07) is 13.3. The molecular weight excluding hydrogens is 338 g/mol. The Morgan fingerprint density at radius 1 is 0.852 bits per heavy atom. The zero-order valence-electron chi connectivity index (χ0n) is 17.0. The number of benzene rings is 2. The van der Waals surface area contributed by atoms with Crippen LogP contribution in [0.15, 0.2) is 36.4 Å². The van der Waals surface area contributed by atoms with E-state index in [2.05, 4.69) is 36.1 Å². The molecule has 0 aliphatic heterocycles. The highest BCUT2D eigenvalue weighted by molar-refractivity contribution is 5.49. The summed E-state index contributed by atoms with van der Waals surface area (Å²) in [6.45, 7) is 4.46. The Hall–Kier alpha value is -2.20. The van der Waals surface area contributed by atoms with Gasteiger partial charge in [0.1, 0.15) is 5.75 Å². The molecule has 0 amide bonds. The van der Waals surface area contributed by atoms with Gasteiger partial charge in [-0.1, -0.05) is 19.1 Å². The zero-order chi connectivity index (χ0) is 19.2. The number of hydrogen-bond acceptors (Lipinski definition) is 4. The molecule has 2 aromatic carbocycles. The van der Waals surface area contributed by atoms with E-state index in [9.17, 15) is 0 Å². The molecule has 0 aromatic heterocycles. The predicted molar refractivity (Wildman–Crippen MR) is 109 cm³/mol. The molecule has 0 bridgehead atoms. The van der Waals surface area contributed by atoms with Crippen molar-refractivity contribution < 1.29 is 14.2 Å². The van der Waals surface area contributed by atoms with E-state index in [1.165, 1.54) is 23.1 Å². The largest absolute Gasteiger partial charge is 0.497 e. The number of fused-ring (bicyclic) bond motifs is 1. The summed E-state index contributed by atoms with van der Waals surface area (Å²) in [5, 5.41) is 0. The van der Waals surface area contributed by atoms with E-state index in [-0.39, 0.29) is 0 Å². The summed E-state index contributed by atoms with van der Waals surface area (Å²) in [4.78, 5) is 2.64. The molecule has 4 heteroatoms. The number of nitrogens with zero attached hydrogens (tertiary/aromatic N) is 1. The lowest BCUT2D eigenvalue weighted by molar-refractivity contribution is 0.204. The maximum absolute atomic E-state index is 5.48. The Morgan fingerprint density at radius 2 is 1.44 bits per heavy atom. The Labute approximate surface area is 163 Å². The fourth-order valence-electron chi connectivity index (χ4n) is 4.01. The Bertz CT molecular complexity index is 709. The molecule has 3 rings (SSSR count). The lowest BCUT2D eigenvalue weighted by Crippen LogP contribution is -2.38. The second-order valence-corrected chi connectivity index (χ2v) is 7.17. The van der Waals surface area contributed by atoms with Crippen LogP contribution in [0.4, 0.5) is 0 Å². The predicted octanol–water partition coefficient (Wildman–Crippen LogP) is 4.13. The third kappa shape index (κ3) is 4.56. The minimum absolute atomic E-state index is 0.551. The van der Waals surface area contributed by atoms with Crippen LogP contribution in [0.5, 0.6) is 17.2 Å². The first-order chi connectivity index (χ1) is 13.2. The van der Waals surface area contributed by atoms with Crippen molar-refractivity contribution in [3.8, 4) is 17.2 Å². The van der Waals surface area contributed by atoms with Crippen LogP contribution in [0.2, 0.25) is 0 Å². The number of ether oxygens (including phenoxy) is 3. The van der Waals surface area contributed by atoms with E-state index >= 15 is 0 Å². The normalized spacial score (nSPS) is 13.7. The van der Waals surface area contributed by atoms with Gasteiger partial charge in [0.05, 0.1) is 21.3 Å². The SMILES string of the molecule is CCCN(CCc1ccc(OC)cc1)C1Cc2cc(OC)c(OC)cc2C1. The van der Waals surface area contributed by atoms with Crippen molar-refractivity contribution in [3.05, 3.63) is 53.1 Å². The lowest BCUT2D eigenvalue weighted by Gasteiger charge is -2.28. The van der Waals surface area contributed by atoms with Crippen molar-refractivity contribution in [2.45, 2.75) is 38.6 Å². The van der Waals surface area contributed by atoms with Gasteiger partial charge in [-0.15, -0.1) is 0 Å². The maximum Gasteiger partial charge on any atom is 0.161 e. The van der Waals surface area contributed by atoms with E-state index in [4.69, 9.17) is 14.2 Å². The van der Waals surface area contributed by atoms with Crippen LogP contribution in [0, 0.1) is 0 Å². The third-order valence-electron chi connectivity index (χ3n) is 5.49. The van der Waals surface area contributed by atoms with Crippen LogP contribution in [0.3, 0.4) is 0 Å². The van der Waals surface area contributed by atoms with Gasteiger partial charge >= 0.3 is 0 Å². The molecule has 0 unspecified atom stereocenters. The molecule has 0 radical (unpaired) electrons. The van der Waals surface area contributed by atoms with Crippen LogP contribution >= 0.6 is 0 Å². The van der Waals surface area contributed by atoms with Gasteiger partial charge in [0.15, 0.2) is 11.5 Å². The van der Waals surface area contributed by atoms with Gasteiger partial charge in [-0.05, 0) is 73.2 Å². The van der Waals surface area contributed by atoms with Crippen LogP contribution < -0.4 is 14.2 Å². The average molecular weight is 370 g/mol. The molecule has 0 spiro atoms. The van der Waals surface area contributed by atoms with Crippen LogP contribution in [-0.4, -0.2) is 45.4 Å². The highest BCUT2D eigenvalue weighted by Gasteiger charge is 2.28. The summed E-state index contributed by atoms with van der Waals surface area (Å²) in [7, 11) is 5.11. The fourth-order valence-corrected chi connectivity index (χ4v) is 4.01. The van der Waals surface area contributed by atoms with Crippen molar-refractivity contribution in [1.29, 1.82) is 0 Å². The molecule has 1 aliphatic rings. The number of methoxy groups -OCH3 is 3. The van der Waals surface area contributed by atoms with Gasteiger partial charge in [0.25, 0.3) is 0 Å². The first-order valence-electron chi connectivity index (χ1n) is 9.79. The molecule has 1 aliphatic carbocycles. The molecule has 2 aromatic rings. The van der Waals surface area contributed by atoms with Crippen molar-refractivity contribution in [2.75, 3.05) is 34.4 Å². The molecule has 27 heavy (non-hydrogen) atoms. The monoisotopic (exact) mass is 369 g/mol. The van der Waals surface area contributed by atoms with Crippen molar-refractivity contribution >= 4 is 0 Å². The summed E-state index contributed by atoms with van der Waals surface area (Å²) in [6.07, 6.45) is 4.39.